The predicted molar refractivity (Wildman–Crippen MR) is 117 cm³/mol. The number of carbonyl (C=O) groups is 1. The molecule has 3 aromatic rings. The number of aryl methyl sites for hydroxylation is 1. The lowest BCUT2D eigenvalue weighted by Crippen LogP contribution is -2.09. The van der Waals surface area contributed by atoms with Gasteiger partial charge < -0.3 is 9.84 Å². The van der Waals surface area contributed by atoms with Gasteiger partial charge in [0.1, 0.15) is 5.75 Å². The molecule has 5 nitrogen and oxygen atoms in total. The van der Waals surface area contributed by atoms with Crippen molar-refractivity contribution < 1.29 is 23.1 Å². The molecule has 0 unspecified atom stereocenters. The summed E-state index contributed by atoms with van der Waals surface area (Å²) in [4.78, 5) is 11.1. The summed E-state index contributed by atoms with van der Waals surface area (Å²) in [5.74, 6) is -0.529. The van der Waals surface area contributed by atoms with E-state index in [1.807, 2.05) is 43.3 Å². The monoisotopic (exact) mass is 424 g/mol. The standard InChI is InChI=1S/C24H24O5S/c1-17-8-10-21(22-13-19(14-24(25)26)9-11-23(22)29-2)20(12-17)16-30(27,28)15-18-6-4-3-5-7-18/h3-13H,14-16H2,1-2H3,(H,25,26). The minimum absolute atomic E-state index is 0.0442. The van der Waals surface area contributed by atoms with E-state index in [-0.39, 0.29) is 17.9 Å². The minimum atomic E-state index is -3.42. The van der Waals surface area contributed by atoms with Crippen molar-refractivity contribution in [3.05, 3.63) is 89.0 Å². The number of sulfone groups is 1. The van der Waals surface area contributed by atoms with Crippen molar-refractivity contribution in [3.63, 3.8) is 0 Å². The number of aliphatic carboxylic acids is 1. The van der Waals surface area contributed by atoms with Crippen LogP contribution >= 0.6 is 0 Å². The van der Waals surface area contributed by atoms with Crippen molar-refractivity contribution in [2.24, 2.45) is 0 Å². The summed E-state index contributed by atoms with van der Waals surface area (Å²) in [5.41, 5.74) is 4.38. The van der Waals surface area contributed by atoms with E-state index in [2.05, 4.69) is 0 Å². The molecule has 0 aliphatic carbocycles. The number of hydrogen-bond donors (Lipinski definition) is 1. The Bertz CT molecular complexity index is 1150. The molecule has 1 N–H and O–H groups in total. The summed E-state index contributed by atoms with van der Waals surface area (Å²) in [5, 5.41) is 9.13. The van der Waals surface area contributed by atoms with Crippen molar-refractivity contribution in [1.29, 1.82) is 0 Å². The Morgan fingerprint density at radius 2 is 1.63 bits per heavy atom. The van der Waals surface area contributed by atoms with Crippen molar-refractivity contribution in [2.75, 3.05) is 7.11 Å². The number of ether oxygens (including phenoxy) is 1. The van der Waals surface area contributed by atoms with Gasteiger partial charge >= 0.3 is 5.97 Å². The van der Waals surface area contributed by atoms with E-state index in [0.717, 1.165) is 16.7 Å². The van der Waals surface area contributed by atoms with Crippen LogP contribution < -0.4 is 4.74 Å². The highest BCUT2D eigenvalue weighted by molar-refractivity contribution is 7.89. The van der Waals surface area contributed by atoms with Crippen LogP contribution in [0.1, 0.15) is 22.3 Å². The Morgan fingerprint density at radius 3 is 2.30 bits per heavy atom. The molecule has 0 atom stereocenters. The quantitative estimate of drug-likeness (QED) is 0.579. The summed E-state index contributed by atoms with van der Waals surface area (Å²) in [7, 11) is -1.88. The van der Waals surface area contributed by atoms with E-state index in [9.17, 15) is 13.2 Å². The average molecular weight is 425 g/mol. The van der Waals surface area contributed by atoms with Gasteiger partial charge in [0, 0.05) is 5.56 Å². The fraction of sp³-hybridized carbons (Fsp3) is 0.208. The van der Waals surface area contributed by atoms with Gasteiger partial charge in [-0.25, -0.2) is 8.42 Å². The number of carboxylic acid groups (broad SMARTS) is 1. The molecular weight excluding hydrogens is 400 g/mol. The van der Waals surface area contributed by atoms with Crippen LogP contribution in [0.2, 0.25) is 0 Å². The number of methoxy groups -OCH3 is 1. The summed E-state index contributed by atoms with van der Waals surface area (Å²) in [6.07, 6.45) is -0.121. The minimum Gasteiger partial charge on any atom is -0.496 e. The normalized spacial score (nSPS) is 11.3. The second-order valence-electron chi connectivity index (χ2n) is 7.28. The Morgan fingerprint density at radius 1 is 0.900 bits per heavy atom. The molecule has 0 bridgehead atoms. The van der Waals surface area contributed by atoms with Gasteiger partial charge in [-0.3, -0.25) is 4.79 Å². The summed E-state index contributed by atoms with van der Waals surface area (Å²) in [6.45, 7) is 1.91. The highest BCUT2D eigenvalue weighted by atomic mass is 32.2. The number of carboxylic acids is 1. The van der Waals surface area contributed by atoms with Gasteiger partial charge in [0.25, 0.3) is 0 Å². The maximum atomic E-state index is 12.9. The fourth-order valence-corrected chi connectivity index (χ4v) is 4.99. The first-order chi connectivity index (χ1) is 14.3. The summed E-state index contributed by atoms with van der Waals surface area (Å²) in [6, 6.07) is 19.9. The molecule has 3 aromatic carbocycles. The highest BCUT2D eigenvalue weighted by Gasteiger charge is 2.19. The van der Waals surface area contributed by atoms with E-state index in [1.165, 1.54) is 7.11 Å². The zero-order chi connectivity index (χ0) is 21.7. The van der Waals surface area contributed by atoms with Gasteiger partial charge in [0.05, 0.1) is 25.0 Å². The molecule has 0 amide bonds. The molecule has 0 radical (unpaired) electrons. The van der Waals surface area contributed by atoms with Crippen LogP contribution in [0.25, 0.3) is 11.1 Å². The molecule has 156 valence electrons. The predicted octanol–water partition coefficient (Wildman–Crippen LogP) is 4.41. The van der Waals surface area contributed by atoms with Crippen molar-refractivity contribution >= 4 is 15.8 Å². The van der Waals surface area contributed by atoms with Crippen LogP contribution in [0.15, 0.2) is 66.7 Å². The second-order valence-corrected chi connectivity index (χ2v) is 9.35. The van der Waals surface area contributed by atoms with E-state index in [1.54, 1.807) is 30.3 Å². The lowest BCUT2D eigenvalue weighted by molar-refractivity contribution is -0.136. The molecule has 0 fully saturated rings. The topological polar surface area (TPSA) is 80.7 Å². The van der Waals surface area contributed by atoms with Gasteiger partial charge in [0.2, 0.25) is 0 Å². The highest BCUT2D eigenvalue weighted by Crippen LogP contribution is 2.35. The van der Waals surface area contributed by atoms with E-state index in [4.69, 9.17) is 9.84 Å². The molecule has 0 heterocycles. The van der Waals surface area contributed by atoms with Gasteiger partial charge in [-0.1, -0.05) is 60.2 Å². The van der Waals surface area contributed by atoms with Crippen molar-refractivity contribution in [3.8, 4) is 16.9 Å². The third-order valence-corrected chi connectivity index (χ3v) is 6.30. The molecule has 30 heavy (non-hydrogen) atoms. The summed E-state index contributed by atoms with van der Waals surface area (Å²) >= 11 is 0. The van der Waals surface area contributed by atoms with Crippen LogP contribution in [-0.4, -0.2) is 26.6 Å². The Hall–Kier alpha value is -3.12. The largest absolute Gasteiger partial charge is 0.496 e. The van der Waals surface area contributed by atoms with Crippen LogP contribution in [0, 0.1) is 6.92 Å². The molecule has 0 aliphatic rings. The molecule has 3 rings (SSSR count). The number of benzene rings is 3. The molecule has 0 aromatic heterocycles. The first kappa shape index (κ1) is 21.6. The Balaban J connectivity index is 2.03. The molecule has 6 heteroatoms. The molecule has 0 saturated carbocycles. The van der Waals surface area contributed by atoms with Crippen molar-refractivity contribution in [2.45, 2.75) is 24.9 Å². The Kier molecular flexibility index (Phi) is 6.57. The SMILES string of the molecule is COc1ccc(CC(=O)O)cc1-c1ccc(C)cc1CS(=O)(=O)Cc1ccccc1. The third-order valence-electron chi connectivity index (χ3n) is 4.77. The smallest absolute Gasteiger partial charge is 0.307 e. The van der Waals surface area contributed by atoms with Crippen LogP contribution in [0.5, 0.6) is 5.75 Å². The number of hydrogen-bond acceptors (Lipinski definition) is 4. The van der Waals surface area contributed by atoms with Gasteiger partial charge in [-0.05, 0) is 41.3 Å². The average Bonchev–Trinajstić information content (AvgIpc) is 2.67. The van der Waals surface area contributed by atoms with Gasteiger partial charge in [0.15, 0.2) is 9.84 Å². The Labute approximate surface area is 176 Å². The first-order valence-corrected chi connectivity index (χ1v) is 11.3. The zero-order valence-corrected chi connectivity index (χ0v) is 17.8. The molecule has 0 spiro atoms. The van der Waals surface area contributed by atoms with Crippen LogP contribution in [0.3, 0.4) is 0 Å². The van der Waals surface area contributed by atoms with Crippen molar-refractivity contribution in [1.82, 2.24) is 0 Å². The lowest BCUT2D eigenvalue weighted by Gasteiger charge is -2.16. The van der Waals surface area contributed by atoms with E-state index >= 15 is 0 Å². The molecule has 0 aliphatic heterocycles. The van der Waals surface area contributed by atoms with Gasteiger partial charge in [-0.2, -0.15) is 0 Å². The maximum absolute atomic E-state index is 12.9. The first-order valence-electron chi connectivity index (χ1n) is 9.50. The van der Waals surface area contributed by atoms with Gasteiger partial charge in [-0.15, -0.1) is 0 Å². The third kappa shape index (κ3) is 5.48. The maximum Gasteiger partial charge on any atom is 0.307 e. The van der Waals surface area contributed by atoms with E-state index < -0.39 is 15.8 Å². The number of rotatable bonds is 8. The fourth-order valence-electron chi connectivity index (χ4n) is 3.47. The molecular formula is C24H24O5S. The second kappa shape index (κ2) is 9.13. The van der Waals surface area contributed by atoms with Crippen LogP contribution in [0.4, 0.5) is 0 Å². The van der Waals surface area contributed by atoms with Crippen LogP contribution in [-0.2, 0) is 32.6 Å². The summed E-state index contributed by atoms with van der Waals surface area (Å²) < 4.78 is 31.3. The molecule has 0 saturated heterocycles. The van der Waals surface area contributed by atoms with E-state index in [0.29, 0.717) is 22.4 Å². The zero-order valence-electron chi connectivity index (χ0n) is 17.0. The lowest BCUT2D eigenvalue weighted by atomic mass is 9.95.